The number of aromatic nitrogens is 2. The second-order valence-corrected chi connectivity index (χ2v) is 4.43. The Morgan fingerprint density at radius 1 is 1.31 bits per heavy atom. The predicted molar refractivity (Wildman–Crippen MR) is 66.9 cm³/mol. The average Bonchev–Trinajstić information content (AvgIpc) is 2.51. The second kappa shape index (κ2) is 4.36. The Labute approximate surface area is 104 Å². The van der Waals surface area contributed by atoms with Crippen molar-refractivity contribution in [2.45, 2.75) is 13.5 Å². The zero-order chi connectivity index (χ0) is 11.7. The minimum atomic E-state index is 0.590. The van der Waals surface area contributed by atoms with E-state index in [4.69, 9.17) is 28.9 Å². The van der Waals surface area contributed by atoms with Gasteiger partial charge in [-0.05, 0) is 24.6 Å². The number of aryl methyl sites for hydroxylation is 1. The first-order valence-electron chi connectivity index (χ1n) is 4.79. The minimum Gasteiger partial charge on any atom is -0.399 e. The molecule has 84 valence electrons. The second-order valence-electron chi connectivity index (χ2n) is 3.61. The molecule has 0 amide bonds. The third kappa shape index (κ3) is 2.31. The summed E-state index contributed by atoms with van der Waals surface area (Å²) < 4.78 is 1.76. The topological polar surface area (TPSA) is 43.8 Å². The monoisotopic (exact) mass is 255 g/mol. The summed E-state index contributed by atoms with van der Waals surface area (Å²) in [5, 5.41) is 5.57. The van der Waals surface area contributed by atoms with Crippen LogP contribution in [0.15, 0.2) is 24.4 Å². The molecular weight excluding hydrogens is 245 g/mol. The van der Waals surface area contributed by atoms with Crippen LogP contribution in [0.25, 0.3) is 0 Å². The molecule has 0 aliphatic carbocycles. The van der Waals surface area contributed by atoms with Crippen LogP contribution in [-0.2, 0) is 6.54 Å². The maximum Gasteiger partial charge on any atom is 0.0815 e. The van der Waals surface area contributed by atoms with E-state index >= 15 is 0 Å². The van der Waals surface area contributed by atoms with E-state index in [0.29, 0.717) is 22.3 Å². The van der Waals surface area contributed by atoms with E-state index in [9.17, 15) is 0 Å². The van der Waals surface area contributed by atoms with Gasteiger partial charge in [0.1, 0.15) is 0 Å². The number of nitrogens with two attached hydrogens (primary N) is 1. The molecule has 0 aliphatic heterocycles. The lowest BCUT2D eigenvalue weighted by atomic mass is 10.2. The maximum atomic E-state index is 6.07. The van der Waals surface area contributed by atoms with Crippen molar-refractivity contribution in [3.8, 4) is 0 Å². The fourth-order valence-electron chi connectivity index (χ4n) is 1.44. The fraction of sp³-hybridized carbons (Fsp3) is 0.182. The number of anilines is 1. The van der Waals surface area contributed by atoms with Crippen molar-refractivity contribution in [3.63, 3.8) is 0 Å². The Morgan fingerprint density at radius 3 is 2.62 bits per heavy atom. The van der Waals surface area contributed by atoms with E-state index in [1.54, 1.807) is 16.9 Å². The molecule has 2 N–H and O–H groups in total. The van der Waals surface area contributed by atoms with E-state index in [-0.39, 0.29) is 0 Å². The Kier molecular flexibility index (Phi) is 3.08. The number of rotatable bonds is 2. The summed E-state index contributed by atoms with van der Waals surface area (Å²) in [6.07, 6.45) is 1.78. The molecule has 1 aromatic carbocycles. The normalized spacial score (nSPS) is 10.7. The highest BCUT2D eigenvalue weighted by molar-refractivity contribution is 6.31. The van der Waals surface area contributed by atoms with Gasteiger partial charge in [0.25, 0.3) is 0 Å². The van der Waals surface area contributed by atoms with Gasteiger partial charge in [0.15, 0.2) is 0 Å². The summed E-state index contributed by atoms with van der Waals surface area (Å²) in [7, 11) is 0. The Balaban J connectivity index is 2.27. The number of hydrogen-bond donors (Lipinski definition) is 1. The van der Waals surface area contributed by atoms with Gasteiger partial charge in [0.05, 0.1) is 17.3 Å². The lowest BCUT2D eigenvalue weighted by Crippen LogP contribution is -2.01. The molecule has 0 atom stereocenters. The first-order chi connectivity index (χ1) is 7.56. The van der Waals surface area contributed by atoms with Gasteiger partial charge in [-0.25, -0.2) is 0 Å². The predicted octanol–water partition coefficient (Wildman–Crippen LogP) is 3.13. The number of nitrogen functional groups attached to an aromatic ring is 1. The summed E-state index contributed by atoms with van der Waals surface area (Å²) >= 11 is 12.0. The van der Waals surface area contributed by atoms with Crippen LogP contribution in [0.1, 0.15) is 11.3 Å². The van der Waals surface area contributed by atoms with Crippen LogP contribution in [0.2, 0.25) is 10.0 Å². The van der Waals surface area contributed by atoms with Crippen molar-refractivity contribution in [3.05, 3.63) is 45.7 Å². The molecule has 0 fully saturated rings. The van der Waals surface area contributed by atoms with E-state index in [0.717, 1.165) is 11.3 Å². The molecule has 0 saturated carbocycles. The van der Waals surface area contributed by atoms with Gasteiger partial charge in [-0.1, -0.05) is 29.3 Å². The fourth-order valence-corrected chi connectivity index (χ4v) is 1.84. The standard InChI is InChI=1S/C11H11Cl2N3/c1-7-11(13)6-16(15-7)5-8-2-3-9(14)4-10(8)12/h2-4,6H,5,14H2,1H3. The molecule has 0 bridgehead atoms. The lowest BCUT2D eigenvalue weighted by Gasteiger charge is -2.05. The quantitative estimate of drug-likeness (QED) is 0.839. The zero-order valence-electron chi connectivity index (χ0n) is 8.74. The summed E-state index contributed by atoms with van der Waals surface area (Å²) in [4.78, 5) is 0. The zero-order valence-corrected chi connectivity index (χ0v) is 10.3. The highest BCUT2D eigenvalue weighted by Crippen LogP contribution is 2.21. The molecule has 0 saturated heterocycles. The first-order valence-corrected chi connectivity index (χ1v) is 5.55. The third-order valence-corrected chi connectivity index (χ3v) is 3.02. The summed E-state index contributed by atoms with van der Waals surface area (Å²) in [5.74, 6) is 0. The van der Waals surface area contributed by atoms with Crippen molar-refractivity contribution < 1.29 is 0 Å². The molecule has 0 aliphatic rings. The molecule has 1 heterocycles. The van der Waals surface area contributed by atoms with Gasteiger partial charge in [0, 0.05) is 16.9 Å². The molecule has 1 aromatic heterocycles. The van der Waals surface area contributed by atoms with Crippen LogP contribution in [-0.4, -0.2) is 9.78 Å². The van der Waals surface area contributed by atoms with Crippen LogP contribution < -0.4 is 5.73 Å². The molecule has 0 radical (unpaired) electrons. The van der Waals surface area contributed by atoms with Crippen LogP contribution >= 0.6 is 23.2 Å². The van der Waals surface area contributed by atoms with Crippen molar-refractivity contribution in [2.75, 3.05) is 5.73 Å². The molecule has 0 spiro atoms. The van der Waals surface area contributed by atoms with Gasteiger partial charge >= 0.3 is 0 Å². The Morgan fingerprint density at radius 2 is 2.06 bits per heavy atom. The average molecular weight is 256 g/mol. The van der Waals surface area contributed by atoms with Crippen molar-refractivity contribution in [2.24, 2.45) is 0 Å². The minimum absolute atomic E-state index is 0.590. The van der Waals surface area contributed by atoms with E-state index in [2.05, 4.69) is 5.10 Å². The molecule has 0 unspecified atom stereocenters. The SMILES string of the molecule is Cc1nn(Cc2ccc(N)cc2Cl)cc1Cl. The number of hydrogen-bond acceptors (Lipinski definition) is 2. The van der Waals surface area contributed by atoms with E-state index in [1.807, 2.05) is 19.1 Å². The van der Waals surface area contributed by atoms with Crippen molar-refractivity contribution in [1.29, 1.82) is 0 Å². The molecule has 2 rings (SSSR count). The van der Waals surface area contributed by atoms with E-state index in [1.165, 1.54) is 0 Å². The van der Waals surface area contributed by atoms with Gasteiger partial charge in [-0.3, -0.25) is 4.68 Å². The summed E-state index contributed by atoms with van der Waals surface area (Å²) in [6, 6.07) is 5.44. The van der Waals surface area contributed by atoms with Gasteiger partial charge in [-0.2, -0.15) is 5.10 Å². The van der Waals surface area contributed by atoms with Crippen molar-refractivity contribution >= 4 is 28.9 Å². The smallest absolute Gasteiger partial charge is 0.0815 e. The largest absolute Gasteiger partial charge is 0.399 e. The van der Waals surface area contributed by atoms with Crippen molar-refractivity contribution in [1.82, 2.24) is 9.78 Å². The molecule has 2 aromatic rings. The molecule has 5 heteroatoms. The molecular formula is C11H11Cl2N3. The van der Waals surface area contributed by atoms with Gasteiger partial charge in [-0.15, -0.1) is 0 Å². The van der Waals surface area contributed by atoms with Gasteiger partial charge in [0.2, 0.25) is 0 Å². The van der Waals surface area contributed by atoms with Crippen LogP contribution in [0.4, 0.5) is 5.69 Å². The Hall–Kier alpha value is -1.19. The summed E-state index contributed by atoms with van der Waals surface area (Å²) in [5.41, 5.74) is 8.06. The number of benzene rings is 1. The van der Waals surface area contributed by atoms with Gasteiger partial charge < -0.3 is 5.73 Å². The first kappa shape index (κ1) is 11.3. The van der Waals surface area contributed by atoms with Crippen LogP contribution in [0.5, 0.6) is 0 Å². The van der Waals surface area contributed by atoms with Crippen LogP contribution in [0, 0.1) is 6.92 Å². The third-order valence-electron chi connectivity index (χ3n) is 2.30. The lowest BCUT2D eigenvalue weighted by molar-refractivity contribution is 0.680. The maximum absolute atomic E-state index is 6.07. The number of nitrogens with zero attached hydrogens (tertiary/aromatic N) is 2. The van der Waals surface area contributed by atoms with Crippen LogP contribution in [0.3, 0.4) is 0 Å². The Bertz CT molecular complexity index is 500. The highest BCUT2D eigenvalue weighted by atomic mass is 35.5. The number of halogens is 2. The van der Waals surface area contributed by atoms with E-state index < -0.39 is 0 Å². The molecule has 3 nitrogen and oxygen atoms in total. The molecule has 16 heavy (non-hydrogen) atoms. The summed E-state index contributed by atoms with van der Waals surface area (Å²) in [6.45, 7) is 2.45. The highest BCUT2D eigenvalue weighted by Gasteiger charge is 2.05.